The monoisotopic (exact) mass is 393 g/mol. The summed E-state index contributed by atoms with van der Waals surface area (Å²) in [5.74, 6) is -3.89. The Balaban J connectivity index is 0.000000277. The summed E-state index contributed by atoms with van der Waals surface area (Å²) < 4.78 is 71.2. The van der Waals surface area contributed by atoms with E-state index in [0.29, 0.717) is 6.07 Å². The number of Topliss-reactive ketones (excluding diaryl/α,β-unsaturated/α-hetero) is 2. The van der Waals surface area contributed by atoms with Gasteiger partial charge in [0.05, 0.1) is 4.92 Å². The second-order valence-corrected chi connectivity index (χ2v) is 4.83. The molecule has 11 heteroatoms. The van der Waals surface area contributed by atoms with Gasteiger partial charge in [-0.1, -0.05) is 42.5 Å². The number of carbonyl (C=O) groups excluding carboxylic acids is 2. The van der Waals surface area contributed by atoms with E-state index in [-0.39, 0.29) is 5.56 Å². The molecule has 2 aromatic rings. The molecule has 0 aliphatic rings. The highest BCUT2D eigenvalue weighted by atomic mass is 19.4. The number of rotatable bonds is 3. The molecule has 0 saturated carbocycles. The molecule has 0 radical (unpaired) electrons. The fourth-order valence-corrected chi connectivity index (χ4v) is 1.68. The Bertz CT molecular complexity index is 831. The van der Waals surface area contributed by atoms with Gasteiger partial charge in [0.25, 0.3) is 17.3 Å². The van der Waals surface area contributed by atoms with Gasteiger partial charge >= 0.3 is 12.4 Å². The van der Waals surface area contributed by atoms with Gasteiger partial charge in [0.1, 0.15) is 0 Å². The molecule has 0 heterocycles. The number of alkyl halides is 6. The Hall–Kier alpha value is -3.24. The smallest absolute Gasteiger partial charge is 0.284 e. The summed E-state index contributed by atoms with van der Waals surface area (Å²) in [5, 5.41) is 10.2. The van der Waals surface area contributed by atoms with Crippen molar-refractivity contribution in [3.63, 3.8) is 0 Å². The van der Waals surface area contributed by atoms with Gasteiger partial charge in [0, 0.05) is 23.3 Å². The number of non-ortho nitro benzene ring substituents is 1. The number of ketones is 2. The lowest BCUT2D eigenvalue weighted by atomic mass is 10.1. The first kappa shape index (κ1) is 21.8. The van der Waals surface area contributed by atoms with E-state index in [4.69, 9.17) is 0 Å². The van der Waals surface area contributed by atoms with Crippen molar-refractivity contribution in [2.24, 2.45) is 0 Å². The van der Waals surface area contributed by atoms with Crippen molar-refractivity contribution in [1.29, 1.82) is 0 Å². The summed E-state index contributed by atoms with van der Waals surface area (Å²) in [6.07, 6.45) is -9.80. The van der Waals surface area contributed by atoms with Crippen LogP contribution in [0.25, 0.3) is 0 Å². The zero-order chi connectivity index (χ0) is 20.8. The summed E-state index contributed by atoms with van der Waals surface area (Å²) >= 11 is 0. The predicted molar refractivity (Wildman–Crippen MR) is 80.3 cm³/mol. The number of nitro benzene ring substituents is 1. The van der Waals surface area contributed by atoms with Gasteiger partial charge in [-0.05, 0) is 0 Å². The van der Waals surface area contributed by atoms with E-state index in [1.807, 2.05) is 0 Å². The second kappa shape index (κ2) is 8.43. The van der Waals surface area contributed by atoms with Crippen LogP contribution in [0, 0.1) is 10.1 Å². The van der Waals surface area contributed by atoms with Gasteiger partial charge in [0.2, 0.25) is 0 Å². The fraction of sp³-hybridized carbons (Fsp3) is 0.125. The molecule has 2 rings (SSSR count). The van der Waals surface area contributed by atoms with Crippen LogP contribution in [-0.2, 0) is 0 Å². The van der Waals surface area contributed by atoms with E-state index in [1.165, 1.54) is 12.1 Å². The average molecular weight is 393 g/mol. The van der Waals surface area contributed by atoms with Crippen LogP contribution in [-0.4, -0.2) is 28.8 Å². The second-order valence-electron chi connectivity index (χ2n) is 4.83. The number of hydrogen-bond acceptors (Lipinski definition) is 4. The summed E-state index contributed by atoms with van der Waals surface area (Å²) in [6.45, 7) is 0. The summed E-state index contributed by atoms with van der Waals surface area (Å²) in [5.41, 5.74) is -1.62. The standard InChI is InChI=1S/C8H4F3NO3.C8H5F3O/c9-8(10,11)7(13)5-2-1-3-6(4-5)12(14)15;9-8(10,11)7(12)6-4-2-1-3-5-6/h1-4H;1-5H. The van der Waals surface area contributed by atoms with Gasteiger partial charge < -0.3 is 0 Å². The minimum atomic E-state index is -5.02. The van der Waals surface area contributed by atoms with E-state index >= 15 is 0 Å². The molecule has 2 aromatic carbocycles. The maximum Gasteiger partial charge on any atom is 0.454 e. The van der Waals surface area contributed by atoms with E-state index in [9.17, 15) is 46.0 Å². The Morgan fingerprint density at radius 1 is 0.741 bits per heavy atom. The third-order valence-electron chi connectivity index (χ3n) is 2.87. The van der Waals surface area contributed by atoms with E-state index in [0.717, 1.165) is 30.3 Å². The zero-order valence-electron chi connectivity index (χ0n) is 13.0. The molecule has 0 aliphatic carbocycles. The highest BCUT2D eigenvalue weighted by Crippen LogP contribution is 2.23. The number of halogens is 6. The molecule has 0 bridgehead atoms. The molecule has 0 aliphatic heterocycles. The van der Waals surface area contributed by atoms with Crippen molar-refractivity contribution in [3.8, 4) is 0 Å². The first-order valence-electron chi connectivity index (χ1n) is 6.86. The molecule has 0 fully saturated rings. The lowest BCUT2D eigenvalue weighted by molar-refractivity contribution is -0.384. The molecule has 0 N–H and O–H groups in total. The Morgan fingerprint density at radius 3 is 1.63 bits per heavy atom. The lowest BCUT2D eigenvalue weighted by Crippen LogP contribution is -2.22. The van der Waals surface area contributed by atoms with E-state index < -0.39 is 40.1 Å². The number of nitro groups is 1. The third kappa shape index (κ3) is 6.53. The molecular weight excluding hydrogens is 384 g/mol. The lowest BCUT2D eigenvalue weighted by Gasteiger charge is -2.04. The largest absolute Gasteiger partial charge is 0.454 e. The van der Waals surface area contributed by atoms with E-state index in [2.05, 4.69) is 0 Å². The minimum absolute atomic E-state index is 0.329. The number of nitrogens with zero attached hydrogens (tertiary/aromatic N) is 1. The molecule has 5 nitrogen and oxygen atoms in total. The number of hydrogen-bond donors (Lipinski definition) is 0. The third-order valence-corrected chi connectivity index (χ3v) is 2.87. The first-order valence-corrected chi connectivity index (χ1v) is 6.86. The Labute approximate surface area is 147 Å². The Kier molecular flexibility index (Phi) is 6.81. The number of benzene rings is 2. The zero-order valence-corrected chi connectivity index (χ0v) is 13.0. The summed E-state index contributed by atoms with van der Waals surface area (Å²) in [6, 6.07) is 10.1. The van der Waals surface area contributed by atoms with Crippen molar-refractivity contribution < 1.29 is 40.9 Å². The topological polar surface area (TPSA) is 77.3 Å². The van der Waals surface area contributed by atoms with Gasteiger partial charge in [0.15, 0.2) is 0 Å². The molecule has 0 atom stereocenters. The van der Waals surface area contributed by atoms with Crippen molar-refractivity contribution in [2.45, 2.75) is 12.4 Å². The van der Waals surface area contributed by atoms with Crippen LogP contribution in [0.2, 0.25) is 0 Å². The van der Waals surface area contributed by atoms with Crippen molar-refractivity contribution in [3.05, 3.63) is 75.8 Å². The molecule has 0 unspecified atom stereocenters. The van der Waals surface area contributed by atoms with Crippen LogP contribution >= 0.6 is 0 Å². The molecular formula is C16H9F6NO4. The average Bonchev–Trinajstić information content (AvgIpc) is 2.60. The summed E-state index contributed by atoms with van der Waals surface area (Å²) in [7, 11) is 0. The molecule has 0 aromatic heterocycles. The van der Waals surface area contributed by atoms with Crippen molar-refractivity contribution >= 4 is 17.3 Å². The van der Waals surface area contributed by atoms with Crippen molar-refractivity contribution in [2.75, 3.05) is 0 Å². The quantitative estimate of drug-likeness (QED) is 0.326. The van der Waals surface area contributed by atoms with Gasteiger partial charge in [-0.2, -0.15) is 26.3 Å². The maximum atomic E-state index is 11.9. The predicted octanol–water partition coefficient (Wildman–Crippen LogP) is 4.77. The van der Waals surface area contributed by atoms with Gasteiger partial charge in [-0.15, -0.1) is 0 Å². The molecule has 0 saturated heterocycles. The molecule has 0 spiro atoms. The van der Waals surface area contributed by atoms with Crippen molar-refractivity contribution in [1.82, 2.24) is 0 Å². The van der Waals surface area contributed by atoms with Gasteiger partial charge in [-0.25, -0.2) is 0 Å². The van der Waals surface area contributed by atoms with Crippen LogP contribution in [0.1, 0.15) is 20.7 Å². The van der Waals surface area contributed by atoms with Gasteiger partial charge in [-0.3, -0.25) is 19.7 Å². The highest BCUT2D eigenvalue weighted by molar-refractivity contribution is 6.01. The fourth-order valence-electron chi connectivity index (χ4n) is 1.68. The van der Waals surface area contributed by atoms with Crippen LogP contribution < -0.4 is 0 Å². The van der Waals surface area contributed by atoms with Crippen LogP contribution in [0.15, 0.2) is 54.6 Å². The minimum Gasteiger partial charge on any atom is -0.284 e. The molecule has 144 valence electrons. The van der Waals surface area contributed by atoms with Crippen LogP contribution in [0.4, 0.5) is 32.0 Å². The maximum absolute atomic E-state index is 11.9. The highest BCUT2D eigenvalue weighted by Gasteiger charge is 2.40. The normalized spacial score (nSPS) is 11.2. The molecule has 27 heavy (non-hydrogen) atoms. The first-order chi connectivity index (χ1) is 12.3. The molecule has 0 amide bonds. The summed E-state index contributed by atoms with van der Waals surface area (Å²) in [4.78, 5) is 30.6. The van der Waals surface area contributed by atoms with Crippen LogP contribution in [0.3, 0.4) is 0 Å². The number of carbonyl (C=O) groups is 2. The van der Waals surface area contributed by atoms with Crippen LogP contribution in [0.5, 0.6) is 0 Å². The SMILES string of the molecule is O=C(c1cccc([N+](=O)[O-])c1)C(F)(F)F.O=C(c1ccccc1)C(F)(F)F. The van der Waals surface area contributed by atoms with E-state index in [1.54, 1.807) is 6.07 Å². The Morgan fingerprint density at radius 2 is 1.19 bits per heavy atom.